The second kappa shape index (κ2) is 6.72. The molecule has 2 heteroatoms. The van der Waals surface area contributed by atoms with Crippen molar-refractivity contribution in [3.8, 4) is 0 Å². The third-order valence-electron chi connectivity index (χ3n) is 3.70. The van der Waals surface area contributed by atoms with E-state index in [9.17, 15) is 5.11 Å². The Morgan fingerprint density at radius 2 is 2.17 bits per heavy atom. The summed E-state index contributed by atoms with van der Waals surface area (Å²) in [4.78, 5) is 0. The van der Waals surface area contributed by atoms with Crippen molar-refractivity contribution in [2.45, 2.75) is 32.3 Å². The highest BCUT2D eigenvalue weighted by molar-refractivity contribution is 5.27. The highest BCUT2D eigenvalue weighted by atomic mass is 16.3. The molecule has 98 valence electrons. The van der Waals surface area contributed by atoms with Crippen LogP contribution in [0.4, 0.5) is 0 Å². The maximum absolute atomic E-state index is 10.2. The standard InChI is InChI=1S/C16H23NO/c1-13-7-5-6-10-15(13)16(18)12-17-11-14-8-3-2-4-9-14/h2-3,5-7,10,14,16-18H,4,8-9,11-12H2,1H3. The van der Waals surface area contributed by atoms with Crippen molar-refractivity contribution in [1.29, 1.82) is 0 Å². The Kier molecular flexibility index (Phi) is 4.97. The first-order chi connectivity index (χ1) is 8.77. The summed E-state index contributed by atoms with van der Waals surface area (Å²) >= 11 is 0. The molecule has 0 spiro atoms. The fourth-order valence-electron chi connectivity index (χ4n) is 2.54. The van der Waals surface area contributed by atoms with E-state index in [1.54, 1.807) is 0 Å². The molecule has 1 aliphatic rings. The van der Waals surface area contributed by atoms with E-state index in [1.807, 2.05) is 31.2 Å². The van der Waals surface area contributed by atoms with E-state index >= 15 is 0 Å². The van der Waals surface area contributed by atoms with Crippen LogP contribution in [0.3, 0.4) is 0 Å². The van der Waals surface area contributed by atoms with Crippen molar-refractivity contribution < 1.29 is 5.11 Å². The predicted molar refractivity (Wildman–Crippen MR) is 75.5 cm³/mol. The van der Waals surface area contributed by atoms with E-state index < -0.39 is 6.10 Å². The molecule has 0 radical (unpaired) electrons. The summed E-state index contributed by atoms with van der Waals surface area (Å²) in [6.07, 6.45) is 7.78. The van der Waals surface area contributed by atoms with E-state index in [2.05, 4.69) is 17.5 Å². The van der Waals surface area contributed by atoms with Gasteiger partial charge in [0.1, 0.15) is 0 Å². The Bertz CT molecular complexity index is 400. The van der Waals surface area contributed by atoms with Gasteiger partial charge in [-0.05, 0) is 49.8 Å². The zero-order chi connectivity index (χ0) is 12.8. The number of allylic oxidation sites excluding steroid dienone is 2. The molecule has 2 atom stereocenters. The van der Waals surface area contributed by atoms with E-state index in [1.165, 1.54) is 19.3 Å². The summed E-state index contributed by atoms with van der Waals surface area (Å²) in [5.74, 6) is 0.735. The smallest absolute Gasteiger partial charge is 0.0916 e. The molecule has 2 N–H and O–H groups in total. The minimum Gasteiger partial charge on any atom is -0.387 e. The number of hydrogen-bond acceptors (Lipinski definition) is 2. The van der Waals surface area contributed by atoms with Crippen LogP contribution in [0.2, 0.25) is 0 Å². The normalized spacial score (nSPS) is 20.9. The molecule has 0 heterocycles. The summed E-state index contributed by atoms with van der Waals surface area (Å²) in [6, 6.07) is 8.04. The third kappa shape index (κ3) is 3.69. The monoisotopic (exact) mass is 245 g/mol. The first-order valence-corrected chi connectivity index (χ1v) is 6.86. The number of hydrogen-bond donors (Lipinski definition) is 2. The third-order valence-corrected chi connectivity index (χ3v) is 3.70. The highest BCUT2D eigenvalue weighted by Crippen LogP contribution is 2.18. The average Bonchev–Trinajstić information content (AvgIpc) is 2.40. The van der Waals surface area contributed by atoms with Crippen molar-refractivity contribution in [2.24, 2.45) is 5.92 Å². The predicted octanol–water partition coefficient (Wildman–Crippen LogP) is 2.97. The Labute approximate surface area is 110 Å². The number of benzene rings is 1. The molecule has 0 amide bonds. The van der Waals surface area contributed by atoms with Crippen LogP contribution in [0.15, 0.2) is 36.4 Å². The molecule has 0 fully saturated rings. The van der Waals surface area contributed by atoms with Crippen LogP contribution in [0.5, 0.6) is 0 Å². The van der Waals surface area contributed by atoms with Gasteiger partial charge < -0.3 is 10.4 Å². The second-order valence-electron chi connectivity index (χ2n) is 5.18. The Balaban J connectivity index is 1.76. The summed E-state index contributed by atoms with van der Waals surface area (Å²) in [7, 11) is 0. The van der Waals surface area contributed by atoms with Crippen LogP contribution in [0.1, 0.15) is 36.5 Å². The first kappa shape index (κ1) is 13.3. The van der Waals surface area contributed by atoms with Gasteiger partial charge in [0.25, 0.3) is 0 Å². The molecule has 1 aromatic rings. The summed E-state index contributed by atoms with van der Waals surface area (Å²) in [5, 5.41) is 13.6. The minimum absolute atomic E-state index is 0.398. The van der Waals surface area contributed by atoms with Crippen molar-refractivity contribution in [3.05, 3.63) is 47.5 Å². The van der Waals surface area contributed by atoms with Crippen molar-refractivity contribution >= 4 is 0 Å². The number of aliphatic hydroxyl groups excluding tert-OH is 1. The average molecular weight is 245 g/mol. The number of aliphatic hydroxyl groups is 1. The largest absolute Gasteiger partial charge is 0.387 e. The number of nitrogens with one attached hydrogen (secondary N) is 1. The minimum atomic E-state index is -0.398. The molecule has 18 heavy (non-hydrogen) atoms. The molecule has 1 aliphatic carbocycles. The molecule has 0 aromatic heterocycles. The van der Waals surface area contributed by atoms with Crippen LogP contribution in [0.25, 0.3) is 0 Å². The van der Waals surface area contributed by atoms with Crippen molar-refractivity contribution in [1.82, 2.24) is 5.32 Å². The van der Waals surface area contributed by atoms with Crippen LogP contribution >= 0.6 is 0 Å². The fraction of sp³-hybridized carbons (Fsp3) is 0.500. The Morgan fingerprint density at radius 3 is 2.89 bits per heavy atom. The van der Waals surface area contributed by atoms with Gasteiger partial charge in [-0.2, -0.15) is 0 Å². The summed E-state index contributed by atoms with van der Waals surface area (Å²) in [6.45, 7) is 3.70. The molecule has 1 aromatic carbocycles. The molecular formula is C16H23NO. The van der Waals surface area contributed by atoms with Gasteiger partial charge in [0, 0.05) is 6.54 Å². The van der Waals surface area contributed by atoms with Gasteiger partial charge in [-0.15, -0.1) is 0 Å². The quantitative estimate of drug-likeness (QED) is 0.782. The lowest BCUT2D eigenvalue weighted by atomic mass is 9.94. The lowest BCUT2D eigenvalue weighted by molar-refractivity contribution is 0.171. The highest BCUT2D eigenvalue weighted by Gasteiger charge is 2.12. The zero-order valence-electron chi connectivity index (χ0n) is 11.1. The van der Waals surface area contributed by atoms with Gasteiger partial charge in [0.2, 0.25) is 0 Å². The molecule has 0 saturated heterocycles. The van der Waals surface area contributed by atoms with Gasteiger partial charge in [-0.3, -0.25) is 0 Å². The molecular weight excluding hydrogens is 222 g/mol. The number of aryl methyl sites for hydroxylation is 1. The summed E-state index contributed by atoms with van der Waals surface area (Å²) < 4.78 is 0. The molecule has 2 unspecified atom stereocenters. The zero-order valence-corrected chi connectivity index (χ0v) is 11.1. The van der Waals surface area contributed by atoms with Crippen LogP contribution in [-0.4, -0.2) is 18.2 Å². The topological polar surface area (TPSA) is 32.3 Å². The van der Waals surface area contributed by atoms with E-state index in [0.29, 0.717) is 6.54 Å². The fourth-order valence-corrected chi connectivity index (χ4v) is 2.54. The van der Waals surface area contributed by atoms with Gasteiger partial charge in [-0.25, -0.2) is 0 Å². The van der Waals surface area contributed by atoms with Gasteiger partial charge >= 0.3 is 0 Å². The molecule has 2 nitrogen and oxygen atoms in total. The van der Waals surface area contributed by atoms with E-state index in [-0.39, 0.29) is 0 Å². The summed E-state index contributed by atoms with van der Waals surface area (Å²) in [5.41, 5.74) is 2.20. The lowest BCUT2D eigenvalue weighted by Gasteiger charge is -2.20. The molecule has 2 rings (SSSR count). The number of rotatable bonds is 5. The van der Waals surface area contributed by atoms with Crippen LogP contribution < -0.4 is 5.32 Å². The second-order valence-corrected chi connectivity index (χ2v) is 5.18. The van der Waals surface area contributed by atoms with Gasteiger partial charge in [-0.1, -0.05) is 36.4 Å². The van der Waals surface area contributed by atoms with Crippen LogP contribution in [-0.2, 0) is 0 Å². The van der Waals surface area contributed by atoms with Gasteiger partial charge in [0.05, 0.1) is 6.10 Å². The molecule has 0 saturated carbocycles. The first-order valence-electron chi connectivity index (χ1n) is 6.86. The van der Waals surface area contributed by atoms with Gasteiger partial charge in [0.15, 0.2) is 0 Å². The maximum Gasteiger partial charge on any atom is 0.0916 e. The lowest BCUT2D eigenvalue weighted by Crippen LogP contribution is -2.28. The van der Waals surface area contributed by atoms with Crippen LogP contribution in [0, 0.1) is 12.8 Å². The molecule has 0 bridgehead atoms. The Hall–Kier alpha value is -1.12. The van der Waals surface area contributed by atoms with Crippen molar-refractivity contribution in [2.75, 3.05) is 13.1 Å². The van der Waals surface area contributed by atoms with E-state index in [0.717, 1.165) is 23.6 Å². The Morgan fingerprint density at radius 1 is 1.33 bits per heavy atom. The maximum atomic E-state index is 10.2. The van der Waals surface area contributed by atoms with Crippen molar-refractivity contribution in [3.63, 3.8) is 0 Å². The SMILES string of the molecule is Cc1ccccc1C(O)CNCC1CC=CCC1. The van der Waals surface area contributed by atoms with E-state index in [4.69, 9.17) is 0 Å². The molecule has 0 aliphatic heterocycles.